The molecular weight excluding hydrogens is 246 g/mol. The molecule has 6 heteroatoms. The Labute approximate surface area is 114 Å². The van der Waals surface area contributed by atoms with Gasteiger partial charge in [-0.05, 0) is 13.1 Å². The number of urea groups is 1. The van der Waals surface area contributed by atoms with E-state index in [1.165, 1.54) is 0 Å². The number of nitrogens with one attached hydrogen (secondary N) is 1. The number of carboxylic acid groups (broad SMARTS) is 1. The number of carbonyl (C=O) groups excluding carboxylic acids is 1. The highest BCUT2D eigenvalue weighted by molar-refractivity contribution is 5.76. The smallest absolute Gasteiger partial charge is 0.317 e. The zero-order valence-electron chi connectivity index (χ0n) is 12.1. The van der Waals surface area contributed by atoms with E-state index in [0.717, 1.165) is 19.6 Å². The van der Waals surface area contributed by atoms with Gasteiger partial charge in [-0.2, -0.15) is 0 Å². The minimum absolute atomic E-state index is 0.0824. The van der Waals surface area contributed by atoms with Crippen molar-refractivity contribution in [3.8, 4) is 0 Å². The number of aliphatic carboxylic acids is 1. The second-order valence-electron chi connectivity index (χ2n) is 5.05. The van der Waals surface area contributed by atoms with E-state index in [1.54, 1.807) is 11.8 Å². The molecule has 6 nitrogen and oxygen atoms in total. The molecule has 2 N–H and O–H groups in total. The number of likely N-dealkylation sites (N-methyl/N-ethyl adjacent to an activating group) is 1. The van der Waals surface area contributed by atoms with Gasteiger partial charge < -0.3 is 20.2 Å². The predicted molar refractivity (Wildman–Crippen MR) is 73.0 cm³/mol. The monoisotopic (exact) mass is 271 g/mol. The molecule has 0 aromatic rings. The number of hydrogen-bond donors (Lipinski definition) is 2. The summed E-state index contributed by atoms with van der Waals surface area (Å²) in [5, 5.41) is 11.7. The molecule has 1 aliphatic rings. The van der Waals surface area contributed by atoms with Crippen LogP contribution in [0.5, 0.6) is 0 Å². The van der Waals surface area contributed by atoms with E-state index in [4.69, 9.17) is 5.11 Å². The van der Waals surface area contributed by atoms with Gasteiger partial charge in [0.05, 0.1) is 5.92 Å². The first-order valence-electron chi connectivity index (χ1n) is 6.97. The van der Waals surface area contributed by atoms with Gasteiger partial charge in [-0.25, -0.2) is 4.79 Å². The molecule has 0 bridgehead atoms. The molecule has 0 spiro atoms. The van der Waals surface area contributed by atoms with E-state index in [2.05, 4.69) is 24.1 Å². The minimum Gasteiger partial charge on any atom is -0.481 e. The van der Waals surface area contributed by atoms with Crippen LogP contribution in [0.2, 0.25) is 0 Å². The van der Waals surface area contributed by atoms with E-state index >= 15 is 0 Å². The van der Waals surface area contributed by atoms with Gasteiger partial charge in [-0.3, -0.25) is 4.79 Å². The van der Waals surface area contributed by atoms with E-state index in [9.17, 15) is 9.59 Å². The van der Waals surface area contributed by atoms with Crippen LogP contribution in [-0.4, -0.2) is 66.2 Å². The standard InChI is InChI=1S/C13H25N3O3/c1-4-15(5-2)7-6-14-13(19)16-8-11(9-16)10(3)12(17)18/h10-11H,4-9H2,1-3H3,(H,14,19)(H,17,18). The summed E-state index contributed by atoms with van der Waals surface area (Å²) in [6, 6.07) is -0.0824. The Kier molecular flexibility index (Phi) is 6.08. The molecule has 0 aromatic heterocycles. The molecule has 1 heterocycles. The van der Waals surface area contributed by atoms with Crippen LogP contribution in [0.25, 0.3) is 0 Å². The van der Waals surface area contributed by atoms with Gasteiger partial charge in [0, 0.05) is 32.1 Å². The van der Waals surface area contributed by atoms with Gasteiger partial charge in [0.2, 0.25) is 0 Å². The second kappa shape index (κ2) is 7.33. The largest absolute Gasteiger partial charge is 0.481 e. The van der Waals surface area contributed by atoms with Gasteiger partial charge in [0.1, 0.15) is 0 Å². The molecule has 0 aliphatic carbocycles. The Morgan fingerprint density at radius 1 is 1.37 bits per heavy atom. The molecule has 0 saturated carbocycles. The summed E-state index contributed by atoms with van der Waals surface area (Å²) in [6.45, 7) is 10.4. The summed E-state index contributed by atoms with van der Waals surface area (Å²) < 4.78 is 0. The van der Waals surface area contributed by atoms with Crippen molar-refractivity contribution < 1.29 is 14.7 Å². The lowest BCUT2D eigenvalue weighted by Crippen LogP contribution is -2.57. The van der Waals surface area contributed by atoms with Crippen LogP contribution < -0.4 is 5.32 Å². The maximum absolute atomic E-state index is 11.8. The van der Waals surface area contributed by atoms with Crippen LogP contribution in [0.3, 0.4) is 0 Å². The molecular formula is C13H25N3O3. The maximum atomic E-state index is 11.8. The first-order chi connectivity index (χ1) is 8.99. The van der Waals surface area contributed by atoms with Crippen LogP contribution in [0.1, 0.15) is 20.8 Å². The lowest BCUT2D eigenvalue weighted by Gasteiger charge is -2.41. The predicted octanol–water partition coefficient (Wildman–Crippen LogP) is 0.690. The molecule has 1 aliphatic heterocycles. The summed E-state index contributed by atoms with van der Waals surface area (Å²) in [7, 11) is 0. The number of likely N-dealkylation sites (tertiary alicyclic amines) is 1. The van der Waals surface area contributed by atoms with Crippen LogP contribution in [0.4, 0.5) is 4.79 Å². The zero-order chi connectivity index (χ0) is 14.4. The highest BCUT2D eigenvalue weighted by Gasteiger charge is 2.36. The summed E-state index contributed by atoms with van der Waals surface area (Å²) in [5.41, 5.74) is 0. The quantitative estimate of drug-likeness (QED) is 0.714. The topological polar surface area (TPSA) is 72.9 Å². The fourth-order valence-electron chi connectivity index (χ4n) is 2.17. The third-order valence-electron chi connectivity index (χ3n) is 3.89. The first kappa shape index (κ1) is 15.8. The molecule has 2 amide bonds. The Hall–Kier alpha value is -1.30. The third-order valence-corrected chi connectivity index (χ3v) is 3.89. The highest BCUT2D eigenvalue weighted by Crippen LogP contribution is 2.23. The molecule has 1 saturated heterocycles. The average molecular weight is 271 g/mol. The van der Waals surface area contributed by atoms with Gasteiger partial charge in [0.15, 0.2) is 0 Å². The van der Waals surface area contributed by atoms with Crippen molar-refractivity contribution in [3.05, 3.63) is 0 Å². The van der Waals surface area contributed by atoms with Crippen molar-refractivity contribution in [2.45, 2.75) is 20.8 Å². The lowest BCUT2D eigenvalue weighted by atomic mass is 9.87. The number of amides is 2. The molecule has 1 unspecified atom stereocenters. The average Bonchev–Trinajstić information content (AvgIpc) is 2.32. The Morgan fingerprint density at radius 2 is 1.95 bits per heavy atom. The summed E-state index contributed by atoms with van der Waals surface area (Å²) in [6.07, 6.45) is 0. The molecule has 0 radical (unpaired) electrons. The fraction of sp³-hybridized carbons (Fsp3) is 0.846. The van der Waals surface area contributed by atoms with E-state index in [-0.39, 0.29) is 17.9 Å². The molecule has 1 atom stereocenters. The Balaban J connectivity index is 2.18. The molecule has 0 aromatic carbocycles. The van der Waals surface area contributed by atoms with Gasteiger partial charge in [0.25, 0.3) is 0 Å². The van der Waals surface area contributed by atoms with E-state index in [0.29, 0.717) is 19.6 Å². The van der Waals surface area contributed by atoms with Gasteiger partial charge in [-0.15, -0.1) is 0 Å². The number of nitrogens with zero attached hydrogens (tertiary/aromatic N) is 2. The lowest BCUT2D eigenvalue weighted by molar-refractivity contribution is -0.144. The van der Waals surface area contributed by atoms with Gasteiger partial charge >= 0.3 is 12.0 Å². The number of hydrogen-bond acceptors (Lipinski definition) is 3. The first-order valence-corrected chi connectivity index (χ1v) is 6.97. The molecule has 1 rings (SSSR count). The van der Waals surface area contributed by atoms with E-state index in [1.807, 2.05) is 0 Å². The number of carboxylic acids is 1. The number of carbonyl (C=O) groups is 2. The van der Waals surface area contributed by atoms with Crippen molar-refractivity contribution in [1.29, 1.82) is 0 Å². The molecule has 19 heavy (non-hydrogen) atoms. The third kappa shape index (κ3) is 4.38. The van der Waals surface area contributed by atoms with Crippen LogP contribution in [0.15, 0.2) is 0 Å². The maximum Gasteiger partial charge on any atom is 0.317 e. The van der Waals surface area contributed by atoms with Crippen molar-refractivity contribution in [2.75, 3.05) is 39.3 Å². The van der Waals surface area contributed by atoms with Crippen molar-refractivity contribution in [3.63, 3.8) is 0 Å². The van der Waals surface area contributed by atoms with Crippen molar-refractivity contribution in [1.82, 2.24) is 15.1 Å². The van der Waals surface area contributed by atoms with Crippen molar-refractivity contribution in [2.24, 2.45) is 11.8 Å². The molecule has 110 valence electrons. The summed E-state index contributed by atoms with van der Waals surface area (Å²) in [5.74, 6) is -1.07. The zero-order valence-corrected chi connectivity index (χ0v) is 12.1. The van der Waals surface area contributed by atoms with Crippen LogP contribution in [-0.2, 0) is 4.79 Å². The Morgan fingerprint density at radius 3 is 2.42 bits per heavy atom. The van der Waals surface area contributed by atoms with Crippen LogP contribution in [0, 0.1) is 11.8 Å². The summed E-state index contributed by atoms with van der Waals surface area (Å²) in [4.78, 5) is 26.5. The highest BCUT2D eigenvalue weighted by atomic mass is 16.4. The van der Waals surface area contributed by atoms with E-state index < -0.39 is 5.97 Å². The molecule has 1 fully saturated rings. The normalized spacial score (nSPS) is 17.2. The summed E-state index contributed by atoms with van der Waals surface area (Å²) >= 11 is 0. The van der Waals surface area contributed by atoms with Crippen LogP contribution >= 0.6 is 0 Å². The fourth-order valence-corrected chi connectivity index (χ4v) is 2.17. The van der Waals surface area contributed by atoms with Crippen molar-refractivity contribution >= 4 is 12.0 Å². The van der Waals surface area contributed by atoms with Gasteiger partial charge in [-0.1, -0.05) is 20.8 Å². The SMILES string of the molecule is CCN(CC)CCNC(=O)N1CC(C(C)C(=O)O)C1. The number of rotatable bonds is 7. The minimum atomic E-state index is -0.786. The second-order valence-corrected chi connectivity index (χ2v) is 5.05. The Bertz CT molecular complexity index is 312.